The second-order valence-electron chi connectivity index (χ2n) is 3.99. The lowest BCUT2D eigenvalue weighted by Gasteiger charge is -2.08. The molecule has 1 aliphatic carbocycles. The first-order chi connectivity index (χ1) is 6.74. The largest absolute Gasteiger partial charge is 0.496 e. The van der Waals surface area contributed by atoms with Crippen LogP contribution in [0, 0.1) is 5.92 Å². The van der Waals surface area contributed by atoms with Gasteiger partial charge in [0.2, 0.25) is 0 Å². The summed E-state index contributed by atoms with van der Waals surface area (Å²) in [7, 11) is 1.69. The van der Waals surface area contributed by atoms with Gasteiger partial charge in [0.15, 0.2) is 0 Å². The van der Waals surface area contributed by atoms with Gasteiger partial charge < -0.3 is 9.84 Å². The Labute approximate surface area is 84.5 Å². The van der Waals surface area contributed by atoms with Crippen molar-refractivity contribution in [3.8, 4) is 5.75 Å². The molecule has 1 saturated carbocycles. The highest BCUT2D eigenvalue weighted by atomic mass is 16.5. The molecule has 0 unspecified atom stereocenters. The maximum Gasteiger partial charge on any atom is 0.122 e. The molecular weight excluding hydrogens is 176 g/mol. The molecule has 2 rings (SSSR count). The molecule has 1 aromatic rings. The maximum atomic E-state index is 9.45. The number of hydrogen-bond acceptors (Lipinski definition) is 2. The smallest absolute Gasteiger partial charge is 0.122 e. The maximum absolute atomic E-state index is 9.45. The molecule has 0 radical (unpaired) electrons. The number of methoxy groups -OCH3 is 1. The van der Waals surface area contributed by atoms with Crippen molar-refractivity contribution in [2.24, 2.45) is 5.92 Å². The Balaban J connectivity index is 2.18. The Morgan fingerprint density at radius 3 is 2.71 bits per heavy atom. The van der Waals surface area contributed by atoms with Crippen molar-refractivity contribution in [2.45, 2.75) is 25.4 Å². The first-order valence-electron chi connectivity index (χ1n) is 5.05. The summed E-state index contributed by atoms with van der Waals surface area (Å²) in [5.41, 5.74) is 1.24. The van der Waals surface area contributed by atoms with Gasteiger partial charge in [-0.1, -0.05) is 18.2 Å². The van der Waals surface area contributed by atoms with Gasteiger partial charge in [0.05, 0.1) is 13.2 Å². The zero-order valence-electron chi connectivity index (χ0n) is 8.60. The summed E-state index contributed by atoms with van der Waals surface area (Å²) in [4.78, 5) is 0. The molecule has 76 valence electrons. The van der Waals surface area contributed by atoms with E-state index < -0.39 is 0 Å². The normalized spacial score (nSPS) is 27.1. The van der Waals surface area contributed by atoms with Crippen molar-refractivity contribution in [1.29, 1.82) is 0 Å². The van der Waals surface area contributed by atoms with Gasteiger partial charge in [-0.15, -0.1) is 0 Å². The molecule has 0 bridgehead atoms. The van der Waals surface area contributed by atoms with Crippen molar-refractivity contribution in [2.75, 3.05) is 7.11 Å². The average molecular weight is 192 g/mol. The van der Waals surface area contributed by atoms with Gasteiger partial charge in [-0.3, -0.25) is 0 Å². The molecule has 2 nitrogen and oxygen atoms in total. The first-order valence-corrected chi connectivity index (χ1v) is 5.05. The Bertz CT molecular complexity index is 320. The summed E-state index contributed by atoms with van der Waals surface area (Å²) in [6.45, 7) is 1.86. The molecule has 14 heavy (non-hydrogen) atoms. The second kappa shape index (κ2) is 3.62. The van der Waals surface area contributed by atoms with Crippen molar-refractivity contribution in [1.82, 2.24) is 0 Å². The van der Waals surface area contributed by atoms with Crippen LogP contribution in [0.25, 0.3) is 0 Å². The van der Waals surface area contributed by atoms with E-state index in [1.165, 1.54) is 5.56 Å². The molecule has 0 amide bonds. The van der Waals surface area contributed by atoms with Gasteiger partial charge in [-0.25, -0.2) is 0 Å². The highest BCUT2D eigenvalue weighted by Gasteiger charge is 2.42. The Morgan fingerprint density at radius 1 is 1.43 bits per heavy atom. The number of para-hydroxylation sites is 1. The van der Waals surface area contributed by atoms with Crippen LogP contribution in [0.1, 0.15) is 24.8 Å². The Kier molecular flexibility index (Phi) is 2.46. The highest BCUT2D eigenvalue weighted by Crippen LogP contribution is 2.51. The summed E-state index contributed by atoms with van der Waals surface area (Å²) < 4.78 is 5.29. The monoisotopic (exact) mass is 192 g/mol. The summed E-state index contributed by atoms with van der Waals surface area (Å²) in [5.74, 6) is 1.86. The van der Waals surface area contributed by atoms with E-state index in [0.717, 1.165) is 12.2 Å². The molecule has 1 aliphatic rings. The van der Waals surface area contributed by atoms with Crippen molar-refractivity contribution in [3.05, 3.63) is 29.8 Å². The van der Waals surface area contributed by atoms with Crippen LogP contribution >= 0.6 is 0 Å². The quantitative estimate of drug-likeness (QED) is 0.795. The van der Waals surface area contributed by atoms with Crippen LogP contribution in [0.2, 0.25) is 0 Å². The van der Waals surface area contributed by atoms with Crippen LogP contribution in [-0.2, 0) is 0 Å². The fourth-order valence-electron chi connectivity index (χ4n) is 2.08. The number of ether oxygens (including phenoxy) is 1. The van der Waals surface area contributed by atoms with Gasteiger partial charge in [0.25, 0.3) is 0 Å². The first kappa shape index (κ1) is 9.53. The van der Waals surface area contributed by atoms with Crippen LogP contribution in [-0.4, -0.2) is 18.3 Å². The molecule has 2 heteroatoms. The summed E-state index contributed by atoms with van der Waals surface area (Å²) in [6.07, 6.45) is 0.878. The molecule has 0 aliphatic heterocycles. The molecule has 3 atom stereocenters. The van der Waals surface area contributed by atoms with E-state index in [4.69, 9.17) is 4.74 Å². The van der Waals surface area contributed by atoms with Gasteiger partial charge >= 0.3 is 0 Å². The zero-order chi connectivity index (χ0) is 10.1. The SMILES string of the molecule is COc1ccccc1[C@@H]1C[C@H]1[C@H](C)O. The standard InChI is InChI=1S/C12H16O2/c1-8(13)10-7-11(10)9-5-3-4-6-12(9)14-2/h3-6,8,10-11,13H,7H2,1-2H3/t8-,10-,11-/m0/s1. The number of benzene rings is 1. The average Bonchev–Trinajstić information content (AvgIpc) is 2.97. The van der Waals surface area contributed by atoms with Crippen molar-refractivity contribution in [3.63, 3.8) is 0 Å². The lowest BCUT2D eigenvalue weighted by Crippen LogP contribution is -2.03. The number of aliphatic hydroxyl groups is 1. The van der Waals surface area contributed by atoms with Crippen LogP contribution in [0.15, 0.2) is 24.3 Å². The van der Waals surface area contributed by atoms with Gasteiger partial charge in [-0.2, -0.15) is 0 Å². The van der Waals surface area contributed by atoms with E-state index in [-0.39, 0.29) is 6.10 Å². The van der Waals surface area contributed by atoms with Crippen LogP contribution in [0.5, 0.6) is 5.75 Å². The van der Waals surface area contributed by atoms with Crippen LogP contribution < -0.4 is 4.74 Å². The van der Waals surface area contributed by atoms with Gasteiger partial charge in [0.1, 0.15) is 5.75 Å². The Morgan fingerprint density at radius 2 is 2.14 bits per heavy atom. The van der Waals surface area contributed by atoms with Crippen LogP contribution in [0.3, 0.4) is 0 Å². The molecule has 0 heterocycles. The lowest BCUT2D eigenvalue weighted by atomic mass is 10.1. The molecule has 0 spiro atoms. The van der Waals surface area contributed by atoms with E-state index >= 15 is 0 Å². The summed E-state index contributed by atoms with van der Waals surface area (Å²) in [6, 6.07) is 8.07. The number of rotatable bonds is 3. The topological polar surface area (TPSA) is 29.5 Å². The third kappa shape index (κ3) is 1.62. The predicted octanol–water partition coefficient (Wildman–Crippen LogP) is 2.18. The van der Waals surface area contributed by atoms with Gasteiger partial charge in [0, 0.05) is 0 Å². The molecule has 1 fully saturated rings. The van der Waals surface area contributed by atoms with Crippen LogP contribution in [0.4, 0.5) is 0 Å². The molecule has 1 N–H and O–H groups in total. The lowest BCUT2D eigenvalue weighted by molar-refractivity contribution is 0.168. The minimum absolute atomic E-state index is 0.204. The van der Waals surface area contributed by atoms with Gasteiger partial charge in [-0.05, 0) is 36.8 Å². The third-order valence-corrected chi connectivity index (χ3v) is 3.00. The van der Waals surface area contributed by atoms with E-state index in [9.17, 15) is 5.11 Å². The minimum Gasteiger partial charge on any atom is -0.496 e. The molecular formula is C12H16O2. The third-order valence-electron chi connectivity index (χ3n) is 3.00. The summed E-state index contributed by atoms with van der Waals surface area (Å²) >= 11 is 0. The second-order valence-corrected chi connectivity index (χ2v) is 3.99. The predicted molar refractivity (Wildman–Crippen MR) is 55.5 cm³/mol. The minimum atomic E-state index is -0.204. The number of hydrogen-bond donors (Lipinski definition) is 1. The van der Waals surface area contributed by atoms with E-state index in [1.54, 1.807) is 7.11 Å². The van der Waals surface area contributed by atoms with E-state index in [1.807, 2.05) is 25.1 Å². The molecule has 0 aromatic heterocycles. The fraction of sp³-hybridized carbons (Fsp3) is 0.500. The fourth-order valence-corrected chi connectivity index (χ4v) is 2.08. The summed E-state index contributed by atoms with van der Waals surface area (Å²) in [5, 5.41) is 9.45. The van der Waals surface area contributed by atoms with Crippen molar-refractivity contribution < 1.29 is 9.84 Å². The Hall–Kier alpha value is -1.02. The molecule has 0 saturated heterocycles. The van der Waals surface area contributed by atoms with E-state index in [0.29, 0.717) is 11.8 Å². The van der Waals surface area contributed by atoms with E-state index in [2.05, 4.69) is 6.07 Å². The highest BCUT2D eigenvalue weighted by molar-refractivity contribution is 5.39. The molecule has 1 aromatic carbocycles. The number of aliphatic hydroxyl groups excluding tert-OH is 1. The van der Waals surface area contributed by atoms with Crippen molar-refractivity contribution >= 4 is 0 Å². The zero-order valence-corrected chi connectivity index (χ0v) is 8.60.